The number of hydrogen-bond donors (Lipinski definition) is 2. The van der Waals surface area contributed by atoms with Crippen LogP contribution in [0, 0.1) is 5.92 Å². The molecule has 0 heterocycles. The smallest absolute Gasteiger partial charge is 0.220 e. The highest BCUT2D eigenvalue weighted by atomic mass is 35.5. The van der Waals surface area contributed by atoms with E-state index in [0.29, 0.717) is 12.3 Å². The summed E-state index contributed by atoms with van der Waals surface area (Å²) in [5, 5.41) is 5.93. The second kappa shape index (κ2) is 12.8. The Kier molecular flexibility index (Phi) is 14.5. The second-order valence-corrected chi connectivity index (χ2v) is 4.07. The predicted octanol–water partition coefficient (Wildman–Crippen LogP) is 2.35. The topological polar surface area (TPSA) is 41.1 Å². The van der Waals surface area contributed by atoms with E-state index in [1.165, 1.54) is 19.3 Å². The lowest BCUT2D eigenvalue weighted by Crippen LogP contribution is -2.31. The summed E-state index contributed by atoms with van der Waals surface area (Å²) < 4.78 is 0. The molecule has 16 heavy (non-hydrogen) atoms. The van der Waals surface area contributed by atoms with Crippen molar-refractivity contribution in [1.82, 2.24) is 10.6 Å². The summed E-state index contributed by atoms with van der Waals surface area (Å²) in [6, 6.07) is 0. The number of likely N-dealkylation sites (N-methyl/N-ethyl adjacent to an activating group) is 1. The Labute approximate surface area is 106 Å². The molecule has 0 aliphatic rings. The van der Waals surface area contributed by atoms with Crippen LogP contribution in [0.25, 0.3) is 0 Å². The second-order valence-electron chi connectivity index (χ2n) is 4.07. The molecule has 1 amide bonds. The van der Waals surface area contributed by atoms with Crippen molar-refractivity contribution >= 4 is 18.3 Å². The third kappa shape index (κ3) is 10.2. The molecule has 1 unspecified atom stereocenters. The average Bonchev–Trinajstić information content (AvgIpc) is 2.24. The summed E-state index contributed by atoms with van der Waals surface area (Å²) >= 11 is 0. The van der Waals surface area contributed by atoms with Crippen molar-refractivity contribution in [1.29, 1.82) is 0 Å². The number of carbonyl (C=O) groups is 1. The van der Waals surface area contributed by atoms with E-state index in [2.05, 4.69) is 24.5 Å². The van der Waals surface area contributed by atoms with Crippen LogP contribution in [0.1, 0.15) is 46.0 Å². The van der Waals surface area contributed by atoms with Gasteiger partial charge in [0, 0.05) is 19.5 Å². The summed E-state index contributed by atoms with van der Waals surface area (Å²) in [7, 11) is 1.89. The van der Waals surface area contributed by atoms with Crippen LogP contribution < -0.4 is 10.6 Å². The minimum absolute atomic E-state index is 0. The molecule has 0 aromatic rings. The van der Waals surface area contributed by atoms with Crippen molar-refractivity contribution in [3.63, 3.8) is 0 Å². The molecular formula is C12H27ClN2O. The molecule has 0 bridgehead atoms. The molecule has 0 fully saturated rings. The summed E-state index contributed by atoms with van der Waals surface area (Å²) in [5.41, 5.74) is 0. The third-order valence-electron chi connectivity index (χ3n) is 2.71. The zero-order valence-corrected chi connectivity index (χ0v) is 11.7. The Morgan fingerprint density at radius 2 is 1.94 bits per heavy atom. The molecule has 0 saturated heterocycles. The van der Waals surface area contributed by atoms with Crippen molar-refractivity contribution < 1.29 is 4.79 Å². The molecule has 2 N–H and O–H groups in total. The lowest BCUT2D eigenvalue weighted by atomic mass is 9.95. The Balaban J connectivity index is 0. The fourth-order valence-corrected chi connectivity index (χ4v) is 1.60. The van der Waals surface area contributed by atoms with Gasteiger partial charge in [-0.25, -0.2) is 0 Å². The van der Waals surface area contributed by atoms with Crippen LogP contribution in [0.3, 0.4) is 0 Å². The molecule has 98 valence electrons. The Morgan fingerprint density at radius 1 is 1.25 bits per heavy atom. The van der Waals surface area contributed by atoms with E-state index >= 15 is 0 Å². The zero-order valence-electron chi connectivity index (χ0n) is 10.8. The Morgan fingerprint density at radius 3 is 2.44 bits per heavy atom. The molecule has 1 atom stereocenters. The van der Waals surface area contributed by atoms with Crippen molar-refractivity contribution in [2.24, 2.45) is 5.92 Å². The third-order valence-corrected chi connectivity index (χ3v) is 2.71. The molecule has 0 radical (unpaired) electrons. The number of halogens is 1. The first kappa shape index (κ1) is 18.1. The maximum atomic E-state index is 11.5. The number of amides is 1. The highest BCUT2D eigenvalue weighted by molar-refractivity contribution is 5.85. The van der Waals surface area contributed by atoms with Gasteiger partial charge in [-0.3, -0.25) is 4.79 Å². The fourth-order valence-electron chi connectivity index (χ4n) is 1.60. The first-order valence-corrected chi connectivity index (χ1v) is 6.15. The van der Waals surface area contributed by atoms with Crippen LogP contribution in [0.4, 0.5) is 0 Å². The number of hydrogen-bond acceptors (Lipinski definition) is 2. The lowest BCUT2D eigenvalue weighted by Gasteiger charge is -2.13. The van der Waals surface area contributed by atoms with Gasteiger partial charge < -0.3 is 10.6 Å². The van der Waals surface area contributed by atoms with Crippen LogP contribution in [-0.4, -0.2) is 26.0 Å². The molecule has 0 spiro atoms. The summed E-state index contributed by atoms with van der Waals surface area (Å²) in [5.74, 6) is 0.771. The van der Waals surface area contributed by atoms with E-state index in [9.17, 15) is 4.79 Å². The van der Waals surface area contributed by atoms with Crippen molar-refractivity contribution in [2.45, 2.75) is 46.0 Å². The van der Waals surface area contributed by atoms with Gasteiger partial charge in [0.1, 0.15) is 0 Å². The molecule has 0 saturated carbocycles. The van der Waals surface area contributed by atoms with Crippen LogP contribution in [-0.2, 0) is 4.79 Å². The molecule has 0 rings (SSSR count). The summed E-state index contributed by atoms with van der Waals surface area (Å²) in [6.07, 6.45) is 5.45. The molecule has 0 aliphatic carbocycles. The number of nitrogens with one attached hydrogen (secondary N) is 2. The first-order chi connectivity index (χ1) is 7.24. The zero-order chi connectivity index (χ0) is 11.5. The monoisotopic (exact) mass is 250 g/mol. The molecular weight excluding hydrogens is 224 g/mol. The average molecular weight is 251 g/mol. The highest BCUT2D eigenvalue weighted by Gasteiger charge is 2.10. The lowest BCUT2D eigenvalue weighted by molar-refractivity contribution is -0.122. The minimum atomic E-state index is 0. The highest BCUT2D eigenvalue weighted by Crippen LogP contribution is 2.16. The quantitative estimate of drug-likeness (QED) is 0.617. The van der Waals surface area contributed by atoms with Gasteiger partial charge in [-0.05, 0) is 19.4 Å². The van der Waals surface area contributed by atoms with E-state index in [1.807, 2.05) is 7.05 Å². The normalized spacial score (nSPS) is 11.7. The molecule has 0 aromatic carbocycles. The molecule has 4 heteroatoms. The van der Waals surface area contributed by atoms with Crippen molar-refractivity contribution in [2.75, 3.05) is 20.1 Å². The number of carbonyl (C=O) groups excluding carboxylic acids is 1. The Hall–Kier alpha value is -0.280. The first-order valence-electron chi connectivity index (χ1n) is 6.15. The van der Waals surface area contributed by atoms with Crippen molar-refractivity contribution in [3.05, 3.63) is 0 Å². The maximum Gasteiger partial charge on any atom is 0.220 e. The van der Waals surface area contributed by atoms with Gasteiger partial charge in [0.25, 0.3) is 0 Å². The predicted molar refractivity (Wildman–Crippen MR) is 72.1 cm³/mol. The molecule has 3 nitrogen and oxygen atoms in total. The SMILES string of the molecule is CCCCC(CC)CC(=O)NCCNC.Cl. The van der Waals surface area contributed by atoms with Crippen LogP contribution >= 0.6 is 12.4 Å². The molecule has 0 aliphatic heterocycles. The van der Waals surface area contributed by atoms with Crippen LogP contribution in [0.2, 0.25) is 0 Å². The fraction of sp³-hybridized carbons (Fsp3) is 0.917. The van der Waals surface area contributed by atoms with Crippen LogP contribution in [0.15, 0.2) is 0 Å². The maximum absolute atomic E-state index is 11.5. The van der Waals surface area contributed by atoms with Gasteiger partial charge in [-0.2, -0.15) is 0 Å². The van der Waals surface area contributed by atoms with Crippen LogP contribution in [0.5, 0.6) is 0 Å². The van der Waals surface area contributed by atoms with E-state index in [1.54, 1.807) is 0 Å². The number of unbranched alkanes of at least 4 members (excludes halogenated alkanes) is 1. The van der Waals surface area contributed by atoms with E-state index in [-0.39, 0.29) is 18.3 Å². The van der Waals surface area contributed by atoms with Gasteiger partial charge >= 0.3 is 0 Å². The van der Waals surface area contributed by atoms with Gasteiger partial charge in [0.15, 0.2) is 0 Å². The van der Waals surface area contributed by atoms with Gasteiger partial charge in [-0.1, -0.05) is 33.1 Å². The summed E-state index contributed by atoms with van der Waals surface area (Å²) in [6.45, 7) is 5.94. The van der Waals surface area contributed by atoms with E-state index in [0.717, 1.165) is 19.5 Å². The van der Waals surface area contributed by atoms with Gasteiger partial charge in [0.2, 0.25) is 5.91 Å². The number of rotatable bonds is 9. The molecule has 0 aromatic heterocycles. The van der Waals surface area contributed by atoms with Gasteiger partial charge in [0.05, 0.1) is 0 Å². The summed E-state index contributed by atoms with van der Waals surface area (Å²) in [4.78, 5) is 11.5. The minimum Gasteiger partial charge on any atom is -0.355 e. The standard InChI is InChI=1S/C12H26N2O.ClH/c1-4-6-7-11(5-2)10-12(15)14-9-8-13-3;/h11,13H,4-10H2,1-3H3,(H,14,15);1H. The largest absolute Gasteiger partial charge is 0.355 e. The Bertz CT molecular complexity index is 165. The van der Waals surface area contributed by atoms with E-state index in [4.69, 9.17) is 0 Å². The van der Waals surface area contributed by atoms with E-state index < -0.39 is 0 Å². The van der Waals surface area contributed by atoms with Crippen molar-refractivity contribution in [3.8, 4) is 0 Å². The van der Waals surface area contributed by atoms with Gasteiger partial charge in [-0.15, -0.1) is 12.4 Å².